The fourth-order valence-electron chi connectivity index (χ4n) is 2.09. The fraction of sp³-hybridized carbons (Fsp3) is 0.400. The van der Waals surface area contributed by atoms with E-state index in [9.17, 15) is 0 Å². The highest BCUT2D eigenvalue weighted by Crippen LogP contribution is 2.23. The van der Waals surface area contributed by atoms with Crippen LogP contribution in [0.1, 0.15) is 30.8 Å². The van der Waals surface area contributed by atoms with Crippen molar-refractivity contribution >= 4 is 17.3 Å². The lowest BCUT2D eigenvalue weighted by atomic mass is 10.2. The van der Waals surface area contributed by atoms with Crippen molar-refractivity contribution in [1.29, 1.82) is 0 Å². The monoisotopic (exact) mass is 277 g/mol. The van der Waals surface area contributed by atoms with E-state index in [1.807, 2.05) is 23.7 Å². The zero-order chi connectivity index (χ0) is 13.8. The molecule has 0 radical (unpaired) electrons. The molecule has 0 unspecified atom stereocenters. The highest BCUT2D eigenvalue weighted by molar-refractivity contribution is 6.31. The van der Waals surface area contributed by atoms with Gasteiger partial charge in [0.1, 0.15) is 0 Å². The predicted molar refractivity (Wildman–Crippen MR) is 80.8 cm³/mol. The molecule has 0 aliphatic carbocycles. The van der Waals surface area contributed by atoms with E-state index in [-0.39, 0.29) is 0 Å². The molecule has 0 bridgehead atoms. The molecule has 1 aromatic carbocycles. The lowest BCUT2D eigenvalue weighted by molar-refractivity contribution is 0.619. The first-order chi connectivity index (χ1) is 9.15. The van der Waals surface area contributed by atoms with Crippen LogP contribution in [0.25, 0.3) is 0 Å². The molecular formula is C15H20ClN3. The van der Waals surface area contributed by atoms with Crippen LogP contribution in [0.4, 0.5) is 5.69 Å². The normalized spacial score (nSPS) is 10.7. The molecule has 0 aliphatic rings. The number of rotatable bonds is 5. The van der Waals surface area contributed by atoms with Gasteiger partial charge in [-0.05, 0) is 44.0 Å². The Kier molecular flexibility index (Phi) is 4.48. The Morgan fingerprint density at radius 2 is 2.11 bits per heavy atom. The van der Waals surface area contributed by atoms with Gasteiger partial charge in [0.2, 0.25) is 0 Å². The molecule has 0 fully saturated rings. The summed E-state index contributed by atoms with van der Waals surface area (Å²) in [5.74, 6) is 0. The van der Waals surface area contributed by atoms with Crippen LogP contribution in [-0.2, 0) is 19.5 Å². The molecule has 102 valence electrons. The Hall–Kier alpha value is -1.48. The molecule has 2 rings (SSSR count). The third kappa shape index (κ3) is 3.10. The fourth-order valence-corrected chi connectivity index (χ4v) is 2.26. The summed E-state index contributed by atoms with van der Waals surface area (Å²) in [6, 6.07) is 8.09. The number of nitrogens with zero attached hydrogens (tertiary/aromatic N) is 2. The lowest BCUT2D eigenvalue weighted by Gasteiger charge is -2.11. The van der Waals surface area contributed by atoms with Crippen LogP contribution >= 0.6 is 11.6 Å². The van der Waals surface area contributed by atoms with Crippen molar-refractivity contribution in [3.63, 3.8) is 0 Å². The zero-order valence-corrected chi connectivity index (χ0v) is 12.5. The van der Waals surface area contributed by atoms with E-state index in [1.165, 1.54) is 5.69 Å². The van der Waals surface area contributed by atoms with E-state index in [1.54, 1.807) is 0 Å². The maximum absolute atomic E-state index is 6.12. The summed E-state index contributed by atoms with van der Waals surface area (Å²) in [5.41, 5.74) is 4.51. The Morgan fingerprint density at radius 1 is 1.32 bits per heavy atom. The highest BCUT2D eigenvalue weighted by Gasteiger charge is 2.07. The Labute approximate surface area is 119 Å². The van der Waals surface area contributed by atoms with Crippen molar-refractivity contribution in [1.82, 2.24) is 9.78 Å². The Balaban J connectivity index is 2.14. The zero-order valence-electron chi connectivity index (χ0n) is 11.7. The van der Waals surface area contributed by atoms with E-state index in [4.69, 9.17) is 11.6 Å². The van der Waals surface area contributed by atoms with Gasteiger partial charge in [-0.25, -0.2) is 0 Å². The predicted octanol–water partition coefficient (Wildman–Crippen LogP) is 4.04. The molecule has 0 saturated heterocycles. The lowest BCUT2D eigenvalue weighted by Crippen LogP contribution is -2.08. The molecule has 1 N–H and O–H groups in total. The van der Waals surface area contributed by atoms with Crippen molar-refractivity contribution < 1.29 is 0 Å². The van der Waals surface area contributed by atoms with Crippen molar-refractivity contribution in [2.75, 3.05) is 5.32 Å². The smallest absolute Gasteiger partial charge is 0.0625 e. The second-order valence-corrected chi connectivity index (χ2v) is 4.97. The van der Waals surface area contributed by atoms with Gasteiger partial charge in [0, 0.05) is 17.3 Å². The SMILES string of the molecule is CCc1cc(CNc2cccc(Cl)c2C)n(CC)n1. The van der Waals surface area contributed by atoms with Crippen molar-refractivity contribution in [3.05, 3.63) is 46.2 Å². The van der Waals surface area contributed by atoms with Gasteiger partial charge < -0.3 is 5.32 Å². The van der Waals surface area contributed by atoms with Gasteiger partial charge in [-0.15, -0.1) is 0 Å². The molecule has 1 heterocycles. The van der Waals surface area contributed by atoms with Crippen molar-refractivity contribution in [3.8, 4) is 0 Å². The molecule has 3 nitrogen and oxygen atoms in total. The van der Waals surface area contributed by atoms with Gasteiger partial charge >= 0.3 is 0 Å². The summed E-state index contributed by atoms with van der Waals surface area (Å²) in [5, 5.41) is 8.78. The van der Waals surface area contributed by atoms with Gasteiger partial charge in [0.05, 0.1) is 17.9 Å². The minimum absolute atomic E-state index is 0.766. The van der Waals surface area contributed by atoms with Gasteiger partial charge in [-0.1, -0.05) is 24.6 Å². The van der Waals surface area contributed by atoms with Crippen molar-refractivity contribution in [2.24, 2.45) is 0 Å². The Bertz CT molecular complexity index is 561. The largest absolute Gasteiger partial charge is 0.379 e. The summed E-state index contributed by atoms with van der Waals surface area (Å²) in [4.78, 5) is 0. The first-order valence-corrected chi connectivity index (χ1v) is 7.08. The highest BCUT2D eigenvalue weighted by atomic mass is 35.5. The molecule has 0 aliphatic heterocycles. The van der Waals surface area contributed by atoms with Crippen LogP contribution < -0.4 is 5.32 Å². The molecule has 0 amide bonds. The van der Waals surface area contributed by atoms with E-state index in [2.05, 4.69) is 36.4 Å². The van der Waals surface area contributed by atoms with E-state index in [0.717, 1.165) is 41.5 Å². The summed E-state index contributed by atoms with van der Waals surface area (Å²) in [6.07, 6.45) is 0.968. The van der Waals surface area contributed by atoms with E-state index in [0.29, 0.717) is 0 Å². The van der Waals surface area contributed by atoms with Gasteiger partial charge in [-0.3, -0.25) is 4.68 Å². The van der Waals surface area contributed by atoms with Gasteiger partial charge in [-0.2, -0.15) is 5.10 Å². The Morgan fingerprint density at radius 3 is 2.79 bits per heavy atom. The van der Waals surface area contributed by atoms with E-state index < -0.39 is 0 Å². The van der Waals surface area contributed by atoms with Gasteiger partial charge in [0.25, 0.3) is 0 Å². The molecule has 0 spiro atoms. The first kappa shape index (κ1) is 13.9. The van der Waals surface area contributed by atoms with Crippen LogP contribution in [0.15, 0.2) is 24.3 Å². The number of anilines is 1. The maximum atomic E-state index is 6.12. The van der Waals surface area contributed by atoms with Crippen LogP contribution in [0.5, 0.6) is 0 Å². The van der Waals surface area contributed by atoms with Crippen LogP contribution in [-0.4, -0.2) is 9.78 Å². The third-order valence-corrected chi connectivity index (χ3v) is 3.71. The number of benzene rings is 1. The molecule has 2 aromatic rings. The average Bonchev–Trinajstić information content (AvgIpc) is 2.83. The number of hydrogen-bond acceptors (Lipinski definition) is 2. The topological polar surface area (TPSA) is 29.9 Å². The second-order valence-electron chi connectivity index (χ2n) is 4.56. The van der Waals surface area contributed by atoms with E-state index >= 15 is 0 Å². The van der Waals surface area contributed by atoms with Crippen molar-refractivity contribution in [2.45, 2.75) is 40.3 Å². The third-order valence-electron chi connectivity index (χ3n) is 3.30. The number of nitrogens with one attached hydrogen (secondary N) is 1. The van der Waals surface area contributed by atoms with Gasteiger partial charge in [0.15, 0.2) is 0 Å². The average molecular weight is 278 g/mol. The van der Waals surface area contributed by atoms with Crippen LogP contribution in [0, 0.1) is 6.92 Å². The van der Waals surface area contributed by atoms with Crippen LogP contribution in [0.3, 0.4) is 0 Å². The molecular weight excluding hydrogens is 258 g/mol. The minimum Gasteiger partial charge on any atom is -0.379 e. The second kappa shape index (κ2) is 6.11. The number of halogens is 1. The molecule has 19 heavy (non-hydrogen) atoms. The number of hydrogen-bond donors (Lipinski definition) is 1. The molecule has 4 heteroatoms. The number of aryl methyl sites for hydroxylation is 2. The summed E-state index contributed by atoms with van der Waals surface area (Å²) < 4.78 is 2.05. The molecule has 0 saturated carbocycles. The van der Waals surface area contributed by atoms with Crippen LogP contribution in [0.2, 0.25) is 5.02 Å². The molecule has 1 aromatic heterocycles. The summed E-state index contributed by atoms with van der Waals surface area (Å²) in [6.45, 7) is 7.92. The summed E-state index contributed by atoms with van der Waals surface area (Å²) in [7, 11) is 0. The summed E-state index contributed by atoms with van der Waals surface area (Å²) >= 11 is 6.12. The quantitative estimate of drug-likeness (QED) is 0.894. The minimum atomic E-state index is 0.766. The standard InChI is InChI=1S/C15H20ClN3/c1-4-12-9-13(19(5-2)18-12)10-17-15-8-6-7-14(16)11(15)3/h6-9,17H,4-5,10H2,1-3H3. The molecule has 0 atom stereocenters. The maximum Gasteiger partial charge on any atom is 0.0625 e. The first-order valence-electron chi connectivity index (χ1n) is 6.70. The number of aromatic nitrogens is 2.